The van der Waals surface area contributed by atoms with Gasteiger partial charge in [-0.3, -0.25) is 0 Å². The normalized spacial score (nSPS) is 9.30. The minimum absolute atomic E-state index is 0.504. The first kappa shape index (κ1) is 6.88. The molecule has 2 nitrogen and oxygen atoms in total. The third-order valence-corrected chi connectivity index (χ3v) is 1.74. The maximum Gasteiger partial charge on any atom is 0.0754 e. The van der Waals surface area contributed by atoms with Crippen molar-refractivity contribution in [2.24, 2.45) is 7.05 Å². The van der Waals surface area contributed by atoms with Crippen LogP contribution in [0, 0.1) is 18.3 Å². The molecule has 1 aromatic rings. The van der Waals surface area contributed by atoms with Crippen molar-refractivity contribution in [1.82, 2.24) is 4.57 Å². The fourth-order valence-corrected chi connectivity index (χ4v) is 0.925. The van der Waals surface area contributed by atoms with Crippen molar-refractivity contribution in [1.29, 1.82) is 5.26 Å². The summed E-state index contributed by atoms with van der Waals surface area (Å²) in [7, 11) is 1.97. The van der Waals surface area contributed by atoms with Crippen molar-refractivity contribution in [3.8, 4) is 6.07 Å². The number of aromatic nitrogens is 1. The van der Waals surface area contributed by atoms with Crippen LogP contribution in [0.25, 0.3) is 0 Å². The van der Waals surface area contributed by atoms with Gasteiger partial charge in [0.05, 0.1) is 12.5 Å². The Morgan fingerprint density at radius 3 is 2.70 bits per heavy atom. The van der Waals surface area contributed by atoms with E-state index >= 15 is 0 Å². The third kappa shape index (κ3) is 1.03. The zero-order chi connectivity index (χ0) is 7.56. The Hall–Kier alpha value is -1.23. The number of rotatable bonds is 1. The quantitative estimate of drug-likeness (QED) is 0.570. The van der Waals surface area contributed by atoms with Gasteiger partial charge in [0.1, 0.15) is 0 Å². The van der Waals surface area contributed by atoms with Gasteiger partial charge in [0, 0.05) is 18.4 Å². The summed E-state index contributed by atoms with van der Waals surface area (Å²) in [6.45, 7) is 2.03. The lowest BCUT2D eigenvalue weighted by molar-refractivity contribution is 0.827. The molecule has 0 aliphatic rings. The fourth-order valence-electron chi connectivity index (χ4n) is 0.925. The average molecular weight is 134 g/mol. The smallest absolute Gasteiger partial charge is 0.0754 e. The minimum Gasteiger partial charge on any atom is -0.351 e. The van der Waals surface area contributed by atoms with E-state index < -0.39 is 0 Å². The SMILES string of the molecule is Cc1ccc(CC#N)n1C. The second kappa shape index (κ2) is 2.57. The van der Waals surface area contributed by atoms with Crippen LogP contribution in [0.4, 0.5) is 0 Å². The highest BCUT2D eigenvalue weighted by molar-refractivity contribution is 5.17. The summed E-state index contributed by atoms with van der Waals surface area (Å²) in [5, 5.41) is 8.39. The zero-order valence-electron chi connectivity index (χ0n) is 6.26. The molecule has 1 aromatic heterocycles. The molecule has 0 atom stereocenters. The van der Waals surface area contributed by atoms with Gasteiger partial charge >= 0.3 is 0 Å². The van der Waals surface area contributed by atoms with E-state index in [2.05, 4.69) is 6.07 Å². The molecule has 0 aliphatic heterocycles. The van der Waals surface area contributed by atoms with E-state index in [1.807, 2.05) is 30.7 Å². The predicted molar refractivity (Wildman–Crippen MR) is 39.5 cm³/mol. The minimum atomic E-state index is 0.504. The summed E-state index contributed by atoms with van der Waals surface area (Å²) in [4.78, 5) is 0. The highest BCUT2D eigenvalue weighted by atomic mass is 14.9. The summed E-state index contributed by atoms with van der Waals surface area (Å²) in [6, 6.07) is 6.12. The molecule has 0 saturated heterocycles. The lowest BCUT2D eigenvalue weighted by Crippen LogP contribution is -1.96. The molecule has 52 valence electrons. The van der Waals surface area contributed by atoms with Gasteiger partial charge in [0.2, 0.25) is 0 Å². The van der Waals surface area contributed by atoms with Crippen molar-refractivity contribution in [3.63, 3.8) is 0 Å². The van der Waals surface area contributed by atoms with Crippen LogP contribution in [-0.2, 0) is 13.5 Å². The van der Waals surface area contributed by atoms with Gasteiger partial charge in [-0.2, -0.15) is 5.26 Å². The molecular formula is C8H10N2. The van der Waals surface area contributed by atoms with Crippen LogP contribution in [0.3, 0.4) is 0 Å². The van der Waals surface area contributed by atoms with Crippen LogP contribution in [0.15, 0.2) is 12.1 Å². The zero-order valence-corrected chi connectivity index (χ0v) is 6.26. The van der Waals surface area contributed by atoms with E-state index in [9.17, 15) is 0 Å². The Kier molecular flexibility index (Phi) is 1.77. The van der Waals surface area contributed by atoms with Crippen LogP contribution in [0.1, 0.15) is 11.4 Å². The predicted octanol–water partition coefficient (Wildman–Crippen LogP) is 1.40. The molecule has 10 heavy (non-hydrogen) atoms. The van der Waals surface area contributed by atoms with Gasteiger partial charge in [-0.1, -0.05) is 0 Å². The first-order valence-electron chi connectivity index (χ1n) is 3.24. The maximum absolute atomic E-state index is 8.39. The summed E-state index contributed by atoms with van der Waals surface area (Å²) in [5.41, 5.74) is 2.28. The summed E-state index contributed by atoms with van der Waals surface area (Å²) in [5.74, 6) is 0. The maximum atomic E-state index is 8.39. The molecule has 0 amide bonds. The lowest BCUT2D eigenvalue weighted by atomic mass is 10.3. The molecule has 0 radical (unpaired) electrons. The first-order chi connectivity index (χ1) is 4.75. The summed E-state index contributed by atoms with van der Waals surface area (Å²) < 4.78 is 2.03. The molecule has 0 spiro atoms. The van der Waals surface area contributed by atoms with Gasteiger partial charge in [-0.25, -0.2) is 0 Å². The number of aryl methyl sites for hydroxylation is 1. The van der Waals surface area contributed by atoms with Gasteiger partial charge in [0.15, 0.2) is 0 Å². The van der Waals surface area contributed by atoms with E-state index in [0.29, 0.717) is 6.42 Å². The summed E-state index contributed by atoms with van der Waals surface area (Å²) in [6.07, 6.45) is 0.504. The van der Waals surface area contributed by atoms with Crippen LogP contribution in [0.5, 0.6) is 0 Å². The molecule has 0 saturated carbocycles. The Labute approximate surface area is 60.7 Å². The Bertz CT molecular complexity index is 265. The highest BCUT2D eigenvalue weighted by Crippen LogP contribution is 2.05. The molecule has 0 bridgehead atoms. The monoisotopic (exact) mass is 134 g/mol. The van der Waals surface area contributed by atoms with Crippen molar-refractivity contribution in [2.45, 2.75) is 13.3 Å². The number of nitriles is 1. The highest BCUT2D eigenvalue weighted by Gasteiger charge is 1.97. The number of nitrogens with zero attached hydrogens (tertiary/aromatic N) is 2. The molecule has 1 rings (SSSR count). The van der Waals surface area contributed by atoms with Gasteiger partial charge in [-0.15, -0.1) is 0 Å². The second-order valence-electron chi connectivity index (χ2n) is 2.36. The van der Waals surface area contributed by atoms with Gasteiger partial charge < -0.3 is 4.57 Å². The van der Waals surface area contributed by atoms with Crippen molar-refractivity contribution in [3.05, 3.63) is 23.5 Å². The second-order valence-corrected chi connectivity index (χ2v) is 2.36. The topological polar surface area (TPSA) is 28.7 Å². The van der Waals surface area contributed by atoms with E-state index in [-0.39, 0.29) is 0 Å². The summed E-state index contributed by atoms with van der Waals surface area (Å²) >= 11 is 0. The fraction of sp³-hybridized carbons (Fsp3) is 0.375. The third-order valence-electron chi connectivity index (χ3n) is 1.74. The van der Waals surface area contributed by atoms with Crippen LogP contribution in [-0.4, -0.2) is 4.57 Å². The Morgan fingerprint density at radius 2 is 2.30 bits per heavy atom. The average Bonchev–Trinajstić information content (AvgIpc) is 2.20. The Morgan fingerprint density at radius 1 is 1.60 bits per heavy atom. The first-order valence-corrected chi connectivity index (χ1v) is 3.24. The molecule has 0 unspecified atom stereocenters. The van der Waals surface area contributed by atoms with E-state index in [4.69, 9.17) is 5.26 Å². The largest absolute Gasteiger partial charge is 0.351 e. The number of hydrogen-bond acceptors (Lipinski definition) is 1. The van der Waals surface area contributed by atoms with E-state index in [1.165, 1.54) is 5.69 Å². The Balaban J connectivity index is 2.96. The van der Waals surface area contributed by atoms with Gasteiger partial charge in [0.25, 0.3) is 0 Å². The van der Waals surface area contributed by atoms with Crippen LogP contribution >= 0.6 is 0 Å². The molecule has 0 N–H and O–H groups in total. The molecule has 2 heteroatoms. The number of hydrogen-bond donors (Lipinski definition) is 0. The van der Waals surface area contributed by atoms with Crippen molar-refractivity contribution in [2.75, 3.05) is 0 Å². The van der Waals surface area contributed by atoms with Crippen LogP contribution < -0.4 is 0 Å². The molecule has 0 fully saturated rings. The van der Waals surface area contributed by atoms with Gasteiger partial charge in [-0.05, 0) is 19.1 Å². The molecular weight excluding hydrogens is 124 g/mol. The van der Waals surface area contributed by atoms with Crippen molar-refractivity contribution >= 4 is 0 Å². The van der Waals surface area contributed by atoms with Crippen LogP contribution in [0.2, 0.25) is 0 Å². The standard InChI is InChI=1S/C8H10N2/c1-7-3-4-8(5-6-9)10(7)2/h3-4H,5H2,1-2H3. The lowest BCUT2D eigenvalue weighted by Gasteiger charge is -1.98. The molecule has 0 aromatic carbocycles. The van der Waals surface area contributed by atoms with Crippen molar-refractivity contribution < 1.29 is 0 Å². The molecule has 1 heterocycles. The molecule has 0 aliphatic carbocycles. The van der Waals surface area contributed by atoms with E-state index in [1.54, 1.807) is 0 Å². The van der Waals surface area contributed by atoms with E-state index in [0.717, 1.165) is 5.69 Å².